The first-order valence-corrected chi connectivity index (χ1v) is 22.0. The number of carbonyl (C=O) groups excluding carboxylic acids is 3. The Kier molecular flexibility index (Phi) is 18.7. The fraction of sp³-hybridized carbons (Fsp3) is 0.822. The number of carboxylic acid groups (broad SMARTS) is 1. The highest BCUT2D eigenvalue weighted by Gasteiger charge is 2.56. The molecule has 15 nitrogen and oxygen atoms in total. The van der Waals surface area contributed by atoms with E-state index in [1.807, 2.05) is 26.0 Å². The van der Waals surface area contributed by atoms with Crippen molar-refractivity contribution in [3.63, 3.8) is 0 Å². The molecule has 3 fully saturated rings. The molecule has 60 heavy (non-hydrogen) atoms. The summed E-state index contributed by atoms with van der Waals surface area (Å²) in [5.74, 6) is -8.67. The molecule has 0 radical (unpaired) electrons. The average molecular weight is 852 g/mol. The SMILES string of the molecule is CO[C@H]1C[C@@H](C)C/C(C)=C/[C@@H](CCCC(=O)O)C(O)C[C@H](O)[C@@H](C)[C@@H](/C(C)=C/[C@@H]2CC[C@@H](O)[C@H](OC)C2)OC(=O)[C@@H]2CCCCN2C(=O)C(=O)[C@]2(O)O[C@H]1[C@@H](OC)C[C@H]2C. The molecule has 15 atom stereocenters. The Bertz CT molecular complexity index is 1520. The van der Waals surface area contributed by atoms with Crippen LogP contribution in [0.5, 0.6) is 0 Å². The van der Waals surface area contributed by atoms with Gasteiger partial charge in [-0.1, -0.05) is 38.5 Å². The van der Waals surface area contributed by atoms with E-state index in [9.17, 15) is 44.7 Å². The van der Waals surface area contributed by atoms with Gasteiger partial charge in [-0.25, -0.2) is 4.79 Å². The summed E-state index contributed by atoms with van der Waals surface area (Å²) < 4.78 is 29.8. The molecule has 0 aromatic carbocycles. The Morgan fingerprint density at radius 1 is 0.900 bits per heavy atom. The number of carbonyl (C=O) groups is 4. The van der Waals surface area contributed by atoms with E-state index in [4.69, 9.17) is 23.7 Å². The number of amides is 1. The maximum atomic E-state index is 14.4. The van der Waals surface area contributed by atoms with Crippen molar-refractivity contribution < 1.29 is 68.4 Å². The molecule has 15 heteroatoms. The van der Waals surface area contributed by atoms with Gasteiger partial charge in [0.1, 0.15) is 18.2 Å². The van der Waals surface area contributed by atoms with Gasteiger partial charge < -0.3 is 54.1 Å². The third kappa shape index (κ3) is 12.5. The van der Waals surface area contributed by atoms with Crippen LogP contribution in [-0.4, -0.2) is 143 Å². The van der Waals surface area contributed by atoms with E-state index in [1.54, 1.807) is 27.9 Å². The molecule has 342 valence electrons. The van der Waals surface area contributed by atoms with Crippen LogP contribution < -0.4 is 0 Å². The van der Waals surface area contributed by atoms with E-state index in [0.29, 0.717) is 63.4 Å². The predicted molar refractivity (Wildman–Crippen MR) is 220 cm³/mol. The molecule has 1 amide bonds. The number of cyclic esters (lactones) is 1. The van der Waals surface area contributed by atoms with Crippen molar-refractivity contribution in [2.45, 2.75) is 179 Å². The predicted octanol–water partition coefficient (Wildman–Crippen LogP) is 4.11. The van der Waals surface area contributed by atoms with Gasteiger partial charge in [0, 0.05) is 58.5 Å². The highest BCUT2D eigenvalue weighted by Crippen LogP contribution is 2.39. The number of aliphatic carboxylic acids is 1. The maximum Gasteiger partial charge on any atom is 0.329 e. The molecule has 1 aliphatic carbocycles. The molecular formula is C45H73NO14. The molecule has 0 aromatic rings. The number of methoxy groups -OCH3 is 3. The first-order chi connectivity index (χ1) is 28.3. The number of nitrogens with zero attached hydrogens (tertiary/aromatic N) is 1. The highest BCUT2D eigenvalue weighted by atomic mass is 16.7. The molecule has 3 heterocycles. The number of hydrogen-bond donors (Lipinski definition) is 5. The summed E-state index contributed by atoms with van der Waals surface area (Å²) in [5, 5.41) is 55.5. The number of aliphatic hydroxyl groups is 4. The number of allylic oxidation sites excluding steroid dienone is 2. The van der Waals surface area contributed by atoms with E-state index < -0.39 is 95.9 Å². The van der Waals surface area contributed by atoms with Gasteiger partial charge in [0.15, 0.2) is 0 Å². The molecule has 2 bridgehead atoms. The minimum atomic E-state index is -2.54. The lowest BCUT2D eigenvalue weighted by atomic mass is 9.81. The summed E-state index contributed by atoms with van der Waals surface area (Å²) in [6.45, 7) is 9.16. The topological polar surface area (TPSA) is 219 Å². The van der Waals surface area contributed by atoms with Gasteiger partial charge in [0.25, 0.3) is 11.7 Å². The van der Waals surface area contributed by atoms with Gasteiger partial charge in [-0.2, -0.15) is 0 Å². The second kappa shape index (κ2) is 22.5. The maximum absolute atomic E-state index is 14.4. The molecule has 5 N–H and O–H groups in total. The molecule has 4 rings (SSSR count). The molecular weight excluding hydrogens is 778 g/mol. The van der Waals surface area contributed by atoms with Gasteiger partial charge in [-0.15, -0.1) is 0 Å². The minimum Gasteiger partial charge on any atom is -0.481 e. The summed E-state index contributed by atoms with van der Waals surface area (Å²) in [7, 11) is 4.57. The number of aliphatic hydroxyl groups excluding tert-OH is 3. The van der Waals surface area contributed by atoms with Gasteiger partial charge in [0.05, 0.1) is 36.6 Å². The van der Waals surface area contributed by atoms with Crippen LogP contribution in [0, 0.1) is 29.6 Å². The summed E-state index contributed by atoms with van der Waals surface area (Å²) in [6.07, 6.45) is 2.13. The first-order valence-electron chi connectivity index (χ1n) is 22.0. The quantitative estimate of drug-likeness (QED) is 0.125. The lowest BCUT2D eigenvalue weighted by molar-refractivity contribution is -0.302. The van der Waals surface area contributed by atoms with Gasteiger partial charge in [-0.05, 0) is 102 Å². The zero-order valence-electron chi connectivity index (χ0n) is 37.0. The van der Waals surface area contributed by atoms with Crippen LogP contribution in [-0.2, 0) is 42.9 Å². The first kappa shape index (κ1) is 49.9. The fourth-order valence-corrected chi connectivity index (χ4v) is 9.94. The Balaban J connectivity index is 1.78. The third-order valence-electron chi connectivity index (χ3n) is 13.5. The number of ketones is 1. The number of esters is 1. The summed E-state index contributed by atoms with van der Waals surface area (Å²) in [5.41, 5.74) is 1.56. The second-order valence-corrected chi connectivity index (χ2v) is 18.2. The average Bonchev–Trinajstić information content (AvgIpc) is 3.21. The number of hydrogen-bond acceptors (Lipinski definition) is 13. The van der Waals surface area contributed by atoms with Crippen LogP contribution in [0.1, 0.15) is 118 Å². The van der Waals surface area contributed by atoms with E-state index in [2.05, 4.69) is 0 Å². The molecule has 0 aromatic heterocycles. The number of piperidine rings is 1. The number of fused-ring (bicyclic) bond motifs is 3. The zero-order valence-corrected chi connectivity index (χ0v) is 37.0. The number of rotatable bonds is 9. The van der Waals surface area contributed by atoms with Crippen molar-refractivity contribution in [1.82, 2.24) is 4.90 Å². The molecule has 4 aliphatic rings. The molecule has 0 spiro atoms. The van der Waals surface area contributed by atoms with Crippen molar-refractivity contribution in [1.29, 1.82) is 0 Å². The monoisotopic (exact) mass is 852 g/mol. The lowest BCUT2D eigenvalue weighted by Crippen LogP contribution is -2.64. The van der Waals surface area contributed by atoms with E-state index in [0.717, 1.165) is 5.57 Å². The Labute approximate surface area is 355 Å². The van der Waals surface area contributed by atoms with E-state index >= 15 is 0 Å². The van der Waals surface area contributed by atoms with Crippen LogP contribution in [0.15, 0.2) is 23.3 Å². The zero-order chi connectivity index (χ0) is 44.5. The van der Waals surface area contributed by atoms with Gasteiger partial charge in [0.2, 0.25) is 5.79 Å². The lowest BCUT2D eigenvalue weighted by Gasteiger charge is -2.47. The van der Waals surface area contributed by atoms with Crippen LogP contribution in [0.3, 0.4) is 0 Å². The fourth-order valence-electron chi connectivity index (χ4n) is 9.94. The molecule has 2 saturated heterocycles. The van der Waals surface area contributed by atoms with E-state index in [1.165, 1.54) is 19.1 Å². The molecule has 3 aliphatic heterocycles. The van der Waals surface area contributed by atoms with Crippen LogP contribution in [0.4, 0.5) is 0 Å². The third-order valence-corrected chi connectivity index (χ3v) is 13.5. The van der Waals surface area contributed by atoms with Gasteiger partial charge in [-0.3, -0.25) is 14.4 Å². The molecule has 1 saturated carbocycles. The van der Waals surface area contributed by atoms with Crippen molar-refractivity contribution in [2.75, 3.05) is 27.9 Å². The minimum absolute atomic E-state index is 0.0333. The molecule has 1 unspecified atom stereocenters. The van der Waals surface area contributed by atoms with Crippen molar-refractivity contribution >= 4 is 23.6 Å². The number of carboxylic acids is 1. The second-order valence-electron chi connectivity index (χ2n) is 18.2. The highest BCUT2D eigenvalue weighted by molar-refractivity contribution is 6.39. The Morgan fingerprint density at radius 3 is 2.22 bits per heavy atom. The number of ether oxygens (including phenoxy) is 5. The normalized spacial score (nSPS) is 40.7. The summed E-state index contributed by atoms with van der Waals surface area (Å²) >= 11 is 0. The standard InChI is InChI=1S/C45H73NO14/c1-25-18-26(2)20-37(57-7)41-38(58-8)22-28(4)45(55,60-41)42(52)43(53)46-17-10-9-13-32(46)44(54)59-40(27(3)21-30-15-16-33(47)36(23-30)56-6)29(5)34(48)24-35(49)31(19-25)12-11-14-39(50)51/h19,21,26,28-38,40-41,47-49,55H,9-18,20,22-24H2,1-8H3,(H,50,51)/b25-19+,27-21+/t26-,28+,29+,30-,31+,32-,33+,34-,35?,36+,37-,38-,40+,41+,45+/m0/s1. The Hall–Kier alpha value is -2.76. The van der Waals surface area contributed by atoms with Crippen LogP contribution in [0.25, 0.3) is 0 Å². The Morgan fingerprint density at radius 2 is 1.57 bits per heavy atom. The number of Topliss-reactive ketones (excluding diaryl/α,β-unsaturated/α-hetero) is 1. The smallest absolute Gasteiger partial charge is 0.329 e. The van der Waals surface area contributed by atoms with Gasteiger partial charge >= 0.3 is 11.9 Å². The summed E-state index contributed by atoms with van der Waals surface area (Å²) in [4.78, 5) is 55.5. The largest absolute Gasteiger partial charge is 0.481 e. The van der Waals surface area contributed by atoms with Crippen molar-refractivity contribution in [2.24, 2.45) is 29.6 Å². The van der Waals surface area contributed by atoms with Crippen LogP contribution in [0.2, 0.25) is 0 Å². The van der Waals surface area contributed by atoms with Crippen LogP contribution >= 0.6 is 0 Å². The van der Waals surface area contributed by atoms with E-state index in [-0.39, 0.29) is 50.2 Å². The van der Waals surface area contributed by atoms with Crippen molar-refractivity contribution in [3.8, 4) is 0 Å². The summed E-state index contributed by atoms with van der Waals surface area (Å²) in [6, 6.07) is -1.17. The van der Waals surface area contributed by atoms with Crippen molar-refractivity contribution in [3.05, 3.63) is 23.3 Å².